The first-order valence-electron chi connectivity index (χ1n) is 6.67. The van der Waals surface area contributed by atoms with E-state index in [1.54, 1.807) is 30.3 Å². The molecular formula is C17H16O6. The van der Waals surface area contributed by atoms with Gasteiger partial charge >= 0.3 is 0 Å². The molecule has 0 saturated heterocycles. The maximum atomic E-state index is 12.0. The number of phenolic OH excluding ortho intramolecular Hbond substituents is 3. The fourth-order valence-electron chi connectivity index (χ4n) is 2.08. The van der Waals surface area contributed by atoms with Gasteiger partial charge in [0.25, 0.3) is 0 Å². The summed E-state index contributed by atoms with van der Waals surface area (Å²) in [4.78, 5) is 12.0. The lowest BCUT2D eigenvalue weighted by molar-refractivity contribution is 0.104. The molecule has 0 spiro atoms. The molecule has 0 amide bonds. The highest BCUT2D eigenvalue weighted by Gasteiger charge is 2.24. The van der Waals surface area contributed by atoms with Gasteiger partial charge in [0.1, 0.15) is 0 Å². The van der Waals surface area contributed by atoms with Crippen LogP contribution in [0.5, 0.6) is 28.7 Å². The number of ether oxygens (including phenoxy) is 2. The summed E-state index contributed by atoms with van der Waals surface area (Å²) in [5.41, 5.74) is 0.303. The number of phenols is 3. The summed E-state index contributed by atoms with van der Waals surface area (Å²) in [6, 6.07) is 8.50. The number of ketones is 1. The maximum Gasteiger partial charge on any atom is 0.211 e. The molecule has 0 aromatic heterocycles. The zero-order valence-electron chi connectivity index (χ0n) is 12.6. The van der Waals surface area contributed by atoms with Crippen LogP contribution in [0.2, 0.25) is 0 Å². The fourth-order valence-corrected chi connectivity index (χ4v) is 2.08. The number of hydrogen-bond donors (Lipinski definition) is 3. The third-order valence-corrected chi connectivity index (χ3v) is 3.24. The quantitative estimate of drug-likeness (QED) is 0.340. The van der Waals surface area contributed by atoms with Gasteiger partial charge in [-0.2, -0.15) is 0 Å². The SMILES string of the molecule is COc1c(O)c(O)c(C=CC(=O)c2ccccc2)c(O)c1OC. The predicted octanol–water partition coefficient (Wildman–Crippen LogP) is 2.72. The topological polar surface area (TPSA) is 96.2 Å². The van der Waals surface area contributed by atoms with Crippen LogP contribution < -0.4 is 9.47 Å². The van der Waals surface area contributed by atoms with E-state index in [2.05, 4.69) is 0 Å². The third-order valence-electron chi connectivity index (χ3n) is 3.24. The molecule has 2 aromatic rings. The van der Waals surface area contributed by atoms with Gasteiger partial charge in [0.15, 0.2) is 17.3 Å². The van der Waals surface area contributed by atoms with Crippen molar-refractivity contribution < 1.29 is 29.6 Å². The maximum absolute atomic E-state index is 12.0. The third kappa shape index (κ3) is 3.06. The minimum absolute atomic E-state index is 0.144. The van der Waals surface area contributed by atoms with Gasteiger partial charge in [0.2, 0.25) is 17.2 Å². The molecule has 0 saturated carbocycles. The van der Waals surface area contributed by atoms with Crippen molar-refractivity contribution in [3.05, 3.63) is 47.5 Å². The van der Waals surface area contributed by atoms with Gasteiger partial charge in [0.05, 0.1) is 19.8 Å². The van der Waals surface area contributed by atoms with Crippen molar-refractivity contribution in [3.63, 3.8) is 0 Å². The van der Waals surface area contributed by atoms with Crippen LogP contribution in [0, 0.1) is 0 Å². The first-order chi connectivity index (χ1) is 11.0. The zero-order chi connectivity index (χ0) is 17.0. The molecule has 0 fully saturated rings. The standard InChI is InChI=1S/C17H16O6/c1-22-16-14(20)11(13(19)15(21)17(16)23-2)8-9-12(18)10-6-4-3-5-7-10/h3-9,19-21H,1-2H3. The summed E-state index contributed by atoms with van der Waals surface area (Å²) >= 11 is 0. The van der Waals surface area contributed by atoms with E-state index in [1.165, 1.54) is 26.4 Å². The van der Waals surface area contributed by atoms with Crippen LogP contribution in [0.15, 0.2) is 36.4 Å². The Bertz CT molecular complexity index is 750. The lowest BCUT2D eigenvalue weighted by atomic mass is 10.1. The highest BCUT2D eigenvalue weighted by atomic mass is 16.5. The fraction of sp³-hybridized carbons (Fsp3) is 0.118. The normalized spacial score (nSPS) is 10.7. The Hall–Kier alpha value is -3.15. The average Bonchev–Trinajstić information content (AvgIpc) is 2.58. The van der Waals surface area contributed by atoms with E-state index in [-0.39, 0.29) is 22.8 Å². The van der Waals surface area contributed by atoms with Crippen molar-refractivity contribution in [2.24, 2.45) is 0 Å². The van der Waals surface area contributed by atoms with Crippen molar-refractivity contribution in [2.45, 2.75) is 0 Å². The van der Waals surface area contributed by atoms with Gasteiger partial charge in [-0.05, 0) is 12.2 Å². The Morgan fingerprint density at radius 2 is 1.48 bits per heavy atom. The molecule has 0 atom stereocenters. The molecule has 0 aliphatic rings. The molecular weight excluding hydrogens is 300 g/mol. The van der Waals surface area contributed by atoms with Gasteiger partial charge < -0.3 is 24.8 Å². The number of allylic oxidation sites excluding steroid dienone is 1. The minimum atomic E-state index is -0.614. The largest absolute Gasteiger partial charge is 0.504 e. The van der Waals surface area contributed by atoms with Crippen LogP contribution in [0.4, 0.5) is 0 Å². The number of carbonyl (C=O) groups is 1. The van der Waals surface area contributed by atoms with E-state index < -0.39 is 17.2 Å². The number of carbonyl (C=O) groups excluding carboxylic acids is 1. The number of methoxy groups -OCH3 is 2. The number of benzene rings is 2. The van der Waals surface area contributed by atoms with Gasteiger partial charge in [0, 0.05) is 5.56 Å². The highest BCUT2D eigenvalue weighted by Crippen LogP contribution is 2.52. The molecule has 0 radical (unpaired) electrons. The number of rotatable bonds is 5. The lowest BCUT2D eigenvalue weighted by Gasteiger charge is -2.14. The van der Waals surface area contributed by atoms with E-state index in [1.807, 2.05) is 0 Å². The van der Waals surface area contributed by atoms with Gasteiger partial charge in [-0.1, -0.05) is 30.3 Å². The predicted molar refractivity (Wildman–Crippen MR) is 84.3 cm³/mol. The molecule has 3 N–H and O–H groups in total. The summed E-state index contributed by atoms with van der Waals surface area (Å²) < 4.78 is 9.86. The molecule has 0 bridgehead atoms. The van der Waals surface area contributed by atoms with E-state index in [4.69, 9.17) is 9.47 Å². The molecule has 2 rings (SSSR count). The first kappa shape index (κ1) is 16.2. The minimum Gasteiger partial charge on any atom is -0.504 e. The molecule has 0 heterocycles. The molecule has 23 heavy (non-hydrogen) atoms. The Morgan fingerprint density at radius 3 is 2.04 bits per heavy atom. The van der Waals surface area contributed by atoms with Crippen LogP contribution in [0.25, 0.3) is 6.08 Å². The summed E-state index contributed by atoms with van der Waals surface area (Å²) in [6.45, 7) is 0. The van der Waals surface area contributed by atoms with Crippen molar-refractivity contribution in [1.29, 1.82) is 0 Å². The van der Waals surface area contributed by atoms with Gasteiger partial charge in [-0.3, -0.25) is 4.79 Å². The van der Waals surface area contributed by atoms with Crippen molar-refractivity contribution >= 4 is 11.9 Å². The Morgan fingerprint density at radius 1 is 0.913 bits per heavy atom. The monoisotopic (exact) mass is 316 g/mol. The summed E-state index contributed by atoms with van der Waals surface area (Å²) in [5, 5.41) is 30.0. The highest BCUT2D eigenvalue weighted by molar-refractivity contribution is 6.07. The van der Waals surface area contributed by atoms with E-state index in [0.29, 0.717) is 5.56 Å². The van der Waals surface area contributed by atoms with E-state index in [9.17, 15) is 20.1 Å². The molecule has 0 aliphatic heterocycles. The average molecular weight is 316 g/mol. The molecule has 6 heteroatoms. The van der Waals surface area contributed by atoms with Crippen molar-refractivity contribution in [1.82, 2.24) is 0 Å². The summed E-state index contributed by atoms with van der Waals surface area (Å²) in [5.74, 6) is -2.31. The van der Waals surface area contributed by atoms with Crippen molar-refractivity contribution in [2.75, 3.05) is 14.2 Å². The first-order valence-corrected chi connectivity index (χ1v) is 6.67. The Labute approximate surface area is 132 Å². The van der Waals surface area contributed by atoms with Gasteiger partial charge in [-0.15, -0.1) is 0 Å². The Kier molecular flexibility index (Phi) is 4.75. The summed E-state index contributed by atoms with van der Waals surface area (Å²) in [7, 11) is 2.53. The van der Waals surface area contributed by atoms with E-state index in [0.717, 1.165) is 0 Å². The molecule has 0 aliphatic carbocycles. The van der Waals surface area contributed by atoms with Crippen LogP contribution >= 0.6 is 0 Å². The lowest BCUT2D eigenvalue weighted by Crippen LogP contribution is -1.95. The van der Waals surface area contributed by atoms with Crippen LogP contribution in [0.1, 0.15) is 15.9 Å². The zero-order valence-corrected chi connectivity index (χ0v) is 12.6. The second-order valence-corrected chi connectivity index (χ2v) is 4.59. The van der Waals surface area contributed by atoms with Crippen molar-refractivity contribution in [3.8, 4) is 28.7 Å². The number of hydrogen-bond acceptors (Lipinski definition) is 6. The second-order valence-electron chi connectivity index (χ2n) is 4.59. The van der Waals surface area contributed by atoms with Crippen LogP contribution in [-0.4, -0.2) is 35.3 Å². The van der Waals surface area contributed by atoms with E-state index >= 15 is 0 Å². The second kappa shape index (κ2) is 6.74. The molecule has 6 nitrogen and oxygen atoms in total. The Balaban J connectivity index is 2.46. The summed E-state index contributed by atoms with van der Waals surface area (Å²) in [6.07, 6.45) is 2.37. The molecule has 2 aromatic carbocycles. The molecule has 120 valence electrons. The number of aromatic hydroxyl groups is 3. The van der Waals surface area contributed by atoms with Crippen LogP contribution in [-0.2, 0) is 0 Å². The molecule has 0 unspecified atom stereocenters. The van der Waals surface area contributed by atoms with Gasteiger partial charge in [-0.25, -0.2) is 0 Å². The van der Waals surface area contributed by atoms with Crippen LogP contribution in [0.3, 0.4) is 0 Å². The smallest absolute Gasteiger partial charge is 0.211 e.